The maximum absolute atomic E-state index is 13.3. The molecule has 0 bridgehead atoms. The number of anilines is 3. The van der Waals surface area contributed by atoms with Crippen LogP contribution in [0, 0.1) is 38.2 Å². The van der Waals surface area contributed by atoms with Crippen LogP contribution in [-0.4, -0.2) is 78.8 Å². The van der Waals surface area contributed by atoms with Crippen LogP contribution < -0.4 is 22.7 Å². The van der Waals surface area contributed by atoms with E-state index in [9.17, 15) is 13.2 Å². The van der Waals surface area contributed by atoms with Crippen LogP contribution >= 0.6 is 15.9 Å². The highest BCUT2D eigenvalue weighted by atomic mass is 79.9. The first-order chi connectivity index (χ1) is 40.7. The van der Waals surface area contributed by atoms with Gasteiger partial charge in [0.2, 0.25) is 17.8 Å². The lowest BCUT2D eigenvalue weighted by Gasteiger charge is -2.32. The van der Waals surface area contributed by atoms with Gasteiger partial charge in [-0.15, -0.1) is 30.6 Å². The quantitative estimate of drug-likeness (QED) is 0.131. The Balaban J connectivity index is 0.000000128. The van der Waals surface area contributed by atoms with Crippen LogP contribution in [0.5, 0.6) is 0 Å². The molecule has 6 N–H and O–H groups in total. The molecule has 0 amide bonds. The van der Waals surface area contributed by atoms with Crippen molar-refractivity contribution in [1.29, 1.82) is 0 Å². The van der Waals surface area contributed by atoms with Crippen LogP contribution in [0.15, 0.2) is 169 Å². The number of hydrogen-bond acceptors (Lipinski definition) is 17. The van der Waals surface area contributed by atoms with Crippen LogP contribution in [0.2, 0.25) is 0 Å². The lowest BCUT2D eigenvalue weighted by atomic mass is 9.77. The highest BCUT2D eigenvalue weighted by Crippen LogP contribution is 2.38. The standard InChI is InChI=1S/2C19H14FN5.C16H20BNO2.C9H6BrFN4/c2*1-11-9-14(10-13-3-2-8-22-16(11)13)18-17(23-19(21)25-24-18)12-4-6-15(20)7-5-12;1-11-9-13(10-12-7-6-8-18-14(11)12)17-19-15(2,3)16(4,5)20-17;10-8-7(13-9(12)15-14-8)5-1-3-6(11)4-2-5/h2*2-10H,1H3,(H2,21,23,25);6-10H,1-5H3;1-4H,(H2,12,13,15). The monoisotopic (exact) mass is 1200 g/mol. The zero-order valence-electron chi connectivity index (χ0n) is 47.1. The molecule has 17 nitrogen and oxygen atoms in total. The van der Waals surface area contributed by atoms with Gasteiger partial charge >= 0.3 is 7.12 Å². The maximum Gasteiger partial charge on any atom is 0.494 e. The molecule has 0 aliphatic carbocycles. The zero-order valence-corrected chi connectivity index (χ0v) is 48.7. The van der Waals surface area contributed by atoms with Gasteiger partial charge in [-0.25, -0.2) is 28.1 Å². The van der Waals surface area contributed by atoms with Gasteiger partial charge in [-0.2, -0.15) is 0 Å². The highest BCUT2D eigenvalue weighted by molar-refractivity contribution is 9.10. The van der Waals surface area contributed by atoms with Crippen molar-refractivity contribution in [3.05, 3.63) is 203 Å². The van der Waals surface area contributed by atoms with Gasteiger partial charge in [-0.3, -0.25) is 15.0 Å². The Bertz CT molecular complexity index is 4220. The summed E-state index contributed by atoms with van der Waals surface area (Å²) in [6.07, 6.45) is 5.36. The van der Waals surface area contributed by atoms with E-state index in [4.69, 9.17) is 26.5 Å². The number of nitrogen functional groups attached to an aromatic ring is 3. The molecule has 12 aromatic rings. The molecule has 22 heteroatoms. The average molecular weight is 1200 g/mol. The van der Waals surface area contributed by atoms with E-state index in [0.29, 0.717) is 33.1 Å². The largest absolute Gasteiger partial charge is 0.494 e. The van der Waals surface area contributed by atoms with Gasteiger partial charge in [0.1, 0.15) is 45.9 Å². The van der Waals surface area contributed by atoms with Crippen molar-refractivity contribution in [1.82, 2.24) is 60.5 Å². The van der Waals surface area contributed by atoms with E-state index in [1.165, 1.54) is 36.4 Å². The summed E-state index contributed by atoms with van der Waals surface area (Å²) in [5.74, 6) is -0.701. The molecule has 13 rings (SSSR count). The molecule has 85 heavy (non-hydrogen) atoms. The van der Waals surface area contributed by atoms with Gasteiger partial charge in [0.05, 0.1) is 27.8 Å². The third kappa shape index (κ3) is 13.2. The topological polar surface area (TPSA) is 251 Å². The van der Waals surface area contributed by atoms with Crippen molar-refractivity contribution in [2.75, 3.05) is 17.2 Å². The van der Waals surface area contributed by atoms with E-state index < -0.39 is 0 Å². The van der Waals surface area contributed by atoms with Gasteiger partial charge in [0, 0.05) is 62.6 Å². The molecule has 7 heterocycles. The Kier molecular flexibility index (Phi) is 16.9. The third-order valence-electron chi connectivity index (χ3n) is 14.2. The zero-order chi connectivity index (χ0) is 60.2. The molecular formula is C63H54BBrF3N15O2. The number of rotatable bonds is 6. The summed E-state index contributed by atoms with van der Waals surface area (Å²) >= 11 is 3.20. The average Bonchev–Trinajstić information content (AvgIpc) is 3.99. The minimum Gasteiger partial charge on any atom is -0.399 e. The summed E-state index contributed by atoms with van der Waals surface area (Å²) in [6.45, 7) is 14.4. The predicted octanol–water partition coefficient (Wildman–Crippen LogP) is 12.4. The molecule has 0 radical (unpaired) electrons. The van der Waals surface area contributed by atoms with Crippen LogP contribution in [0.25, 0.3) is 89.0 Å². The minimum atomic E-state index is -0.316. The van der Waals surface area contributed by atoms with E-state index in [-0.39, 0.29) is 53.6 Å². The molecule has 0 saturated carbocycles. The van der Waals surface area contributed by atoms with Gasteiger partial charge < -0.3 is 26.5 Å². The van der Waals surface area contributed by atoms with Crippen molar-refractivity contribution >= 4 is 79.1 Å². The van der Waals surface area contributed by atoms with Crippen LogP contribution in [-0.2, 0) is 9.31 Å². The number of aryl methyl sites for hydroxylation is 3. The molecule has 1 aliphatic rings. The molecule has 1 saturated heterocycles. The van der Waals surface area contributed by atoms with E-state index in [1.54, 1.807) is 48.8 Å². The molecular weight excluding hydrogens is 1150 g/mol. The maximum atomic E-state index is 13.3. The SMILES string of the molecule is Cc1cc(-c2nnc(N)nc2-c2ccc(F)cc2)cc2cccnc12.Cc1cc(-c2nnc(N)nc2-c2ccc(F)cc2)cc2cccnc12.Cc1cc(B2OC(C)(C)C(C)(C)O2)cc2cccnc12.Nc1nnc(Br)c(-c2ccc(F)cc2)n1. The van der Waals surface area contributed by atoms with Crippen LogP contribution in [0.4, 0.5) is 31.0 Å². The smallest absolute Gasteiger partial charge is 0.399 e. The first-order valence-electron chi connectivity index (χ1n) is 26.6. The fourth-order valence-electron chi connectivity index (χ4n) is 9.34. The number of hydrogen-bond donors (Lipinski definition) is 3. The number of nitrogens with zero attached hydrogens (tertiary/aromatic N) is 12. The van der Waals surface area contributed by atoms with Crippen molar-refractivity contribution in [3.8, 4) is 56.3 Å². The van der Waals surface area contributed by atoms with Gasteiger partial charge in [-0.1, -0.05) is 30.3 Å². The number of halogens is 4. The van der Waals surface area contributed by atoms with E-state index in [0.717, 1.165) is 82.7 Å². The molecule has 6 aromatic carbocycles. The minimum absolute atomic E-state index is 0.0715. The fraction of sp³-hybridized carbons (Fsp3) is 0.143. The van der Waals surface area contributed by atoms with Crippen molar-refractivity contribution in [3.63, 3.8) is 0 Å². The van der Waals surface area contributed by atoms with E-state index in [1.807, 2.05) is 74.6 Å². The first kappa shape index (κ1) is 58.4. The highest BCUT2D eigenvalue weighted by Gasteiger charge is 2.51. The van der Waals surface area contributed by atoms with Crippen molar-refractivity contribution in [2.45, 2.75) is 59.7 Å². The second-order valence-electron chi connectivity index (χ2n) is 20.8. The first-order valence-corrected chi connectivity index (χ1v) is 27.4. The summed E-state index contributed by atoms with van der Waals surface area (Å²) in [6, 6.07) is 42.0. The van der Waals surface area contributed by atoms with E-state index in [2.05, 4.69) is 129 Å². The summed E-state index contributed by atoms with van der Waals surface area (Å²) < 4.78 is 51.9. The lowest BCUT2D eigenvalue weighted by molar-refractivity contribution is 0.00578. The fourth-order valence-corrected chi connectivity index (χ4v) is 9.74. The number of nitrogens with two attached hydrogens (primary N) is 3. The molecule has 1 fully saturated rings. The Hall–Kier alpha value is -9.77. The summed E-state index contributed by atoms with van der Waals surface area (Å²) in [5, 5.41) is 26.7. The van der Waals surface area contributed by atoms with Gasteiger partial charge in [0.25, 0.3) is 0 Å². The van der Waals surface area contributed by atoms with E-state index >= 15 is 0 Å². The Labute approximate surface area is 495 Å². The molecule has 0 spiro atoms. The van der Waals surface area contributed by atoms with Crippen LogP contribution in [0.3, 0.4) is 0 Å². The summed E-state index contributed by atoms with van der Waals surface area (Å²) in [5.41, 5.74) is 30.2. The van der Waals surface area contributed by atoms with Crippen molar-refractivity contribution in [2.24, 2.45) is 0 Å². The number of aromatic nitrogens is 12. The molecule has 1 aliphatic heterocycles. The van der Waals surface area contributed by atoms with Crippen LogP contribution in [0.1, 0.15) is 44.4 Å². The lowest BCUT2D eigenvalue weighted by Crippen LogP contribution is -2.41. The number of benzene rings is 6. The number of fused-ring (bicyclic) bond motifs is 3. The van der Waals surface area contributed by atoms with Gasteiger partial charge in [-0.05, 0) is 202 Å². The van der Waals surface area contributed by atoms with Gasteiger partial charge in [0.15, 0.2) is 4.60 Å². The second kappa shape index (κ2) is 24.6. The predicted molar refractivity (Wildman–Crippen MR) is 330 cm³/mol. The molecule has 0 unspecified atom stereocenters. The normalized spacial score (nSPS) is 13.1. The Morgan fingerprint density at radius 1 is 0.400 bits per heavy atom. The molecule has 424 valence electrons. The summed E-state index contributed by atoms with van der Waals surface area (Å²) in [7, 11) is -0.316. The van der Waals surface area contributed by atoms with Crippen molar-refractivity contribution < 1.29 is 22.5 Å². The molecule has 6 aromatic heterocycles. The Morgan fingerprint density at radius 2 is 0.741 bits per heavy atom. The number of pyridine rings is 3. The Morgan fingerprint density at radius 3 is 1.14 bits per heavy atom. The molecule has 0 atom stereocenters. The summed E-state index contributed by atoms with van der Waals surface area (Å²) in [4.78, 5) is 25.9. The second-order valence-corrected chi connectivity index (χ2v) is 21.6. The third-order valence-corrected chi connectivity index (χ3v) is 14.7.